The molecule has 0 bridgehead atoms. The summed E-state index contributed by atoms with van der Waals surface area (Å²) in [4.78, 5) is 34.3. The number of rotatable bonds is 4. The number of fused-ring (bicyclic) bond motifs is 1. The first-order valence-corrected chi connectivity index (χ1v) is 12.1. The summed E-state index contributed by atoms with van der Waals surface area (Å²) in [5, 5.41) is 4.19. The standard InChI is InChI=1S/C23H30N4O2S/c1-15-24-20-14-17(2-5-21(20)30-15)23(29)27-12-8-19(9-13-27)26-10-6-16(7-11-26)22(28)25-18-3-4-18/h2,5,14,16,18-19H,3-4,6-13H2,1H3,(H,25,28). The second-order valence-corrected chi connectivity index (χ2v) is 10.3. The molecule has 5 rings (SSSR count). The molecule has 6 nitrogen and oxygen atoms in total. The molecule has 0 radical (unpaired) electrons. The highest BCUT2D eigenvalue weighted by Gasteiger charge is 2.33. The second kappa shape index (κ2) is 8.27. The Morgan fingerprint density at radius 2 is 1.77 bits per heavy atom. The van der Waals surface area contributed by atoms with Crippen LogP contribution in [0.1, 0.15) is 53.9 Å². The molecule has 0 atom stereocenters. The molecule has 2 aromatic rings. The smallest absolute Gasteiger partial charge is 0.253 e. The number of aromatic nitrogens is 1. The van der Waals surface area contributed by atoms with E-state index in [2.05, 4.69) is 15.2 Å². The lowest BCUT2D eigenvalue weighted by Gasteiger charge is -2.41. The van der Waals surface area contributed by atoms with Crippen molar-refractivity contribution in [2.24, 2.45) is 5.92 Å². The monoisotopic (exact) mass is 426 g/mol. The Hall–Kier alpha value is -1.99. The molecule has 2 aliphatic heterocycles. The van der Waals surface area contributed by atoms with Crippen molar-refractivity contribution in [3.05, 3.63) is 28.8 Å². The highest BCUT2D eigenvalue weighted by molar-refractivity contribution is 7.18. The van der Waals surface area contributed by atoms with Crippen LogP contribution in [0.4, 0.5) is 0 Å². The van der Waals surface area contributed by atoms with E-state index in [1.165, 1.54) is 0 Å². The summed E-state index contributed by atoms with van der Waals surface area (Å²) < 4.78 is 1.14. The van der Waals surface area contributed by atoms with Crippen molar-refractivity contribution in [2.45, 2.75) is 57.5 Å². The van der Waals surface area contributed by atoms with Gasteiger partial charge >= 0.3 is 0 Å². The molecule has 3 aliphatic rings. The summed E-state index contributed by atoms with van der Waals surface area (Å²) >= 11 is 1.67. The van der Waals surface area contributed by atoms with E-state index < -0.39 is 0 Å². The van der Waals surface area contributed by atoms with Crippen LogP contribution in [0.2, 0.25) is 0 Å². The van der Waals surface area contributed by atoms with Crippen LogP contribution in [0.15, 0.2) is 18.2 Å². The van der Waals surface area contributed by atoms with Crippen LogP contribution in [0.25, 0.3) is 10.2 Å². The van der Waals surface area contributed by atoms with Crippen LogP contribution < -0.4 is 5.32 Å². The largest absolute Gasteiger partial charge is 0.353 e. The molecule has 2 saturated heterocycles. The van der Waals surface area contributed by atoms with Gasteiger partial charge in [-0.1, -0.05) is 0 Å². The number of aryl methyl sites for hydroxylation is 1. The zero-order chi connectivity index (χ0) is 20.7. The van der Waals surface area contributed by atoms with Crippen molar-refractivity contribution in [2.75, 3.05) is 26.2 Å². The van der Waals surface area contributed by atoms with Crippen LogP contribution in [0.5, 0.6) is 0 Å². The van der Waals surface area contributed by atoms with E-state index in [1.54, 1.807) is 11.3 Å². The fraction of sp³-hybridized carbons (Fsp3) is 0.609. The maximum absolute atomic E-state index is 13.0. The first-order valence-electron chi connectivity index (χ1n) is 11.3. The Morgan fingerprint density at radius 3 is 2.47 bits per heavy atom. The number of carbonyl (C=O) groups is 2. The normalized spacial score (nSPS) is 21.8. The van der Waals surface area contributed by atoms with Gasteiger partial charge in [0.05, 0.1) is 15.2 Å². The first-order chi connectivity index (χ1) is 14.6. The summed E-state index contributed by atoms with van der Waals surface area (Å²) in [5.74, 6) is 0.578. The predicted octanol–water partition coefficient (Wildman–Crippen LogP) is 3.20. The molecule has 1 aromatic heterocycles. The van der Waals surface area contributed by atoms with Crippen LogP contribution in [0, 0.1) is 12.8 Å². The molecule has 3 fully saturated rings. The van der Waals surface area contributed by atoms with E-state index in [9.17, 15) is 9.59 Å². The number of carbonyl (C=O) groups excluding carboxylic acids is 2. The van der Waals surface area contributed by atoms with Crippen molar-refractivity contribution in [1.82, 2.24) is 20.1 Å². The van der Waals surface area contributed by atoms with Gasteiger partial charge in [0.15, 0.2) is 0 Å². The minimum absolute atomic E-state index is 0.122. The van der Waals surface area contributed by atoms with Crippen LogP contribution in [0.3, 0.4) is 0 Å². The molecule has 0 spiro atoms. The molecule has 0 unspecified atom stereocenters. The van der Waals surface area contributed by atoms with Crippen molar-refractivity contribution in [1.29, 1.82) is 0 Å². The van der Waals surface area contributed by atoms with Crippen LogP contribution >= 0.6 is 11.3 Å². The number of nitrogens with zero attached hydrogens (tertiary/aromatic N) is 3. The minimum Gasteiger partial charge on any atom is -0.353 e. The Balaban J connectivity index is 1.12. The lowest BCUT2D eigenvalue weighted by Crippen LogP contribution is -2.50. The van der Waals surface area contributed by atoms with E-state index in [4.69, 9.17) is 0 Å². The lowest BCUT2D eigenvalue weighted by molar-refractivity contribution is -0.126. The van der Waals surface area contributed by atoms with Gasteiger partial charge < -0.3 is 15.1 Å². The second-order valence-electron chi connectivity index (χ2n) is 9.03. The molecule has 160 valence electrons. The lowest BCUT2D eigenvalue weighted by atomic mass is 9.92. The maximum atomic E-state index is 13.0. The Bertz CT molecular complexity index is 938. The third-order valence-corrected chi connectivity index (χ3v) is 7.79. The van der Waals surface area contributed by atoms with E-state index in [0.717, 1.165) is 85.5 Å². The zero-order valence-corrected chi connectivity index (χ0v) is 18.4. The quantitative estimate of drug-likeness (QED) is 0.815. The molecular formula is C23H30N4O2S. The summed E-state index contributed by atoms with van der Waals surface area (Å²) in [6.07, 6.45) is 6.26. The Morgan fingerprint density at radius 1 is 1.03 bits per heavy atom. The van der Waals surface area contributed by atoms with E-state index in [1.807, 2.05) is 30.0 Å². The van der Waals surface area contributed by atoms with Gasteiger partial charge in [-0.25, -0.2) is 4.98 Å². The van der Waals surface area contributed by atoms with E-state index >= 15 is 0 Å². The average Bonchev–Trinajstić information content (AvgIpc) is 3.50. The third-order valence-electron chi connectivity index (χ3n) is 6.83. The highest BCUT2D eigenvalue weighted by atomic mass is 32.1. The molecule has 1 N–H and O–H groups in total. The summed E-state index contributed by atoms with van der Waals surface area (Å²) in [6.45, 7) is 5.61. The Labute approximate surface area is 181 Å². The number of benzene rings is 1. The van der Waals surface area contributed by atoms with Gasteiger partial charge in [0, 0.05) is 36.7 Å². The number of thiazole rings is 1. The number of likely N-dealkylation sites (tertiary alicyclic amines) is 2. The van der Waals surface area contributed by atoms with Crippen LogP contribution in [-0.4, -0.2) is 64.9 Å². The molecule has 7 heteroatoms. The zero-order valence-electron chi connectivity index (χ0n) is 17.6. The predicted molar refractivity (Wildman–Crippen MR) is 119 cm³/mol. The number of amides is 2. The Kier molecular flexibility index (Phi) is 5.50. The van der Waals surface area contributed by atoms with E-state index in [-0.39, 0.29) is 17.7 Å². The number of hydrogen-bond acceptors (Lipinski definition) is 5. The van der Waals surface area contributed by atoms with Gasteiger partial charge in [-0.3, -0.25) is 9.59 Å². The average molecular weight is 427 g/mol. The molecule has 30 heavy (non-hydrogen) atoms. The maximum Gasteiger partial charge on any atom is 0.253 e. The molecule has 1 saturated carbocycles. The van der Waals surface area contributed by atoms with Gasteiger partial charge in [-0.15, -0.1) is 11.3 Å². The summed E-state index contributed by atoms with van der Waals surface area (Å²) in [6, 6.07) is 6.88. The fourth-order valence-corrected chi connectivity index (χ4v) is 5.67. The highest BCUT2D eigenvalue weighted by Crippen LogP contribution is 2.27. The molecule has 3 heterocycles. The van der Waals surface area contributed by atoms with Crippen molar-refractivity contribution < 1.29 is 9.59 Å². The number of hydrogen-bond donors (Lipinski definition) is 1. The summed E-state index contributed by atoms with van der Waals surface area (Å²) in [5.41, 5.74) is 1.67. The molecule has 1 aromatic carbocycles. The molecule has 2 amide bonds. The fourth-order valence-electron chi connectivity index (χ4n) is 4.87. The van der Waals surface area contributed by atoms with Gasteiger partial charge in [0.1, 0.15) is 0 Å². The molecule has 1 aliphatic carbocycles. The van der Waals surface area contributed by atoms with Gasteiger partial charge in [0.2, 0.25) is 5.91 Å². The van der Waals surface area contributed by atoms with Crippen molar-refractivity contribution in [3.8, 4) is 0 Å². The van der Waals surface area contributed by atoms with Crippen LogP contribution in [-0.2, 0) is 4.79 Å². The summed E-state index contributed by atoms with van der Waals surface area (Å²) in [7, 11) is 0. The minimum atomic E-state index is 0.122. The molecular weight excluding hydrogens is 396 g/mol. The van der Waals surface area contributed by atoms with Crippen molar-refractivity contribution >= 4 is 33.4 Å². The topological polar surface area (TPSA) is 65.5 Å². The van der Waals surface area contributed by atoms with E-state index in [0.29, 0.717) is 12.1 Å². The van der Waals surface area contributed by atoms with Gasteiger partial charge in [-0.2, -0.15) is 0 Å². The first kappa shape index (κ1) is 19.9. The third kappa shape index (κ3) is 4.23. The van der Waals surface area contributed by atoms with Gasteiger partial charge in [0.25, 0.3) is 5.91 Å². The number of piperidine rings is 2. The van der Waals surface area contributed by atoms with Gasteiger partial charge in [-0.05, 0) is 76.7 Å². The number of nitrogens with one attached hydrogen (secondary N) is 1. The van der Waals surface area contributed by atoms with Crippen molar-refractivity contribution in [3.63, 3.8) is 0 Å². The SMILES string of the molecule is Cc1nc2cc(C(=O)N3CCC(N4CCC(C(=O)NC5CC5)CC4)CC3)ccc2s1.